The van der Waals surface area contributed by atoms with Gasteiger partial charge in [-0.25, -0.2) is 12.8 Å². The second kappa shape index (κ2) is 7.01. The van der Waals surface area contributed by atoms with Crippen LogP contribution in [-0.2, 0) is 10.0 Å². The molecule has 1 fully saturated rings. The highest BCUT2D eigenvalue weighted by Gasteiger charge is 2.38. The van der Waals surface area contributed by atoms with E-state index in [1.165, 1.54) is 29.6 Å². The van der Waals surface area contributed by atoms with Gasteiger partial charge in [0, 0.05) is 18.2 Å². The summed E-state index contributed by atoms with van der Waals surface area (Å²) in [6.45, 7) is 0.344. The smallest absolute Gasteiger partial charge is 0.246 e. The average molecular weight is 365 g/mol. The summed E-state index contributed by atoms with van der Waals surface area (Å²) in [5.74, 6) is 0.442. The molecule has 0 amide bonds. The summed E-state index contributed by atoms with van der Waals surface area (Å²) in [5, 5.41) is 0. The van der Waals surface area contributed by atoms with Crippen LogP contribution in [0.5, 0.6) is 11.5 Å². The van der Waals surface area contributed by atoms with Gasteiger partial charge in [-0.2, -0.15) is 4.31 Å². The number of benzene rings is 2. The predicted molar refractivity (Wildman–Crippen MR) is 91.8 cm³/mol. The van der Waals surface area contributed by atoms with E-state index in [0.29, 0.717) is 30.9 Å². The minimum atomic E-state index is -3.94. The Morgan fingerprint density at radius 1 is 1.12 bits per heavy atom. The first kappa shape index (κ1) is 17.7. The molecule has 0 aliphatic carbocycles. The number of rotatable bonds is 5. The summed E-state index contributed by atoms with van der Waals surface area (Å²) in [6, 6.07) is 10.3. The second-order valence-electron chi connectivity index (χ2n) is 5.81. The Labute approximate surface area is 147 Å². The lowest BCUT2D eigenvalue weighted by Gasteiger charge is -2.26. The first-order valence-corrected chi connectivity index (χ1v) is 9.41. The monoisotopic (exact) mass is 365 g/mol. The normalized spacial score (nSPS) is 18.3. The van der Waals surface area contributed by atoms with Crippen LogP contribution in [0.25, 0.3) is 0 Å². The minimum absolute atomic E-state index is 0.297. The highest BCUT2D eigenvalue weighted by Crippen LogP contribution is 2.41. The maximum atomic E-state index is 14.1. The third-order valence-corrected chi connectivity index (χ3v) is 6.37. The lowest BCUT2D eigenvalue weighted by molar-refractivity contribution is 0.360. The summed E-state index contributed by atoms with van der Waals surface area (Å²) in [7, 11) is -0.851. The van der Waals surface area contributed by atoms with Crippen LogP contribution in [0.2, 0.25) is 0 Å². The van der Waals surface area contributed by atoms with E-state index < -0.39 is 21.9 Å². The molecule has 0 bridgehead atoms. The van der Waals surface area contributed by atoms with Gasteiger partial charge < -0.3 is 9.47 Å². The maximum Gasteiger partial charge on any atom is 0.246 e. The Hall–Kier alpha value is -2.12. The van der Waals surface area contributed by atoms with Crippen molar-refractivity contribution in [2.75, 3.05) is 20.8 Å². The molecule has 0 N–H and O–H groups in total. The highest BCUT2D eigenvalue weighted by atomic mass is 32.2. The molecule has 134 valence electrons. The van der Waals surface area contributed by atoms with E-state index >= 15 is 0 Å². The lowest BCUT2D eigenvalue weighted by Crippen LogP contribution is -2.31. The SMILES string of the molecule is COc1ccc(C2CCCN2S(=O)(=O)c2ccccc2F)c(OC)c1. The summed E-state index contributed by atoms with van der Waals surface area (Å²) in [4.78, 5) is -0.297. The first-order valence-electron chi connectivity index (χ1n) is 7.97. The van der Waals surface area contributed by atoms with Crippen LogP contribution in [0.1, 0.15) is 24.4 Å². The molecule has 0 saturated carbocycles. The van der Waals surface area contributed by atoms with Gasteiger partial charge in [0.25, 0.3) is 0 Å². The van der Waals surface area contributed by atoms with Crippen molar-refractivity contribution in [2.24, 2.45) is 0 Å². The number of hydrogen-bond donors (Lipinski definition) is 0. The van der Waals surface area contributed by atoms with Crippen LogP contribution < -0.4 is 9.47 Å². The molecule has 1 saturated heterocycles. The van der Waals surface area contributed by atoms with Crippen LogP contribution in [0.4, 0.5) is 4.39 Å². The fourth-order valence-corrected chi connectivity index (χ4v) is 4.95. The fourth-order valence-electron chi connectivity index (χ4n) is 3.21. The van der Waals surface area contributed by atoms with Crippen LogP contribution in [0.3, 0.4) is 0 Å². The molecule has 1 aliphatic rings. The van der Waals surface area contributed by atoms with Crippen molar-refractivity contribution in [1.29, 1.82) is 0 Å². The zero-order valence-electron chi connectivity index (χ0n) is 14.1. The summed E-state index contributed by atoms with van der Waals surface area (Å²) >= 11 is 0. The van der Waals surface area contributed by atoms with Crippen LogP contribution in [0.15, 0.2) is 47.4 Å². The van der Waals surface area contributed by atoms with Crippen molar-refractivity contribution in [1.82, 2.24) is 4.31 Å². The molecule has 0 aromatic heterocycles. The highest BCUT2D eigenvalue weighted by molar-refractivity contribution is 7.89. The molecule has 1 heterocycles. The van der Waals surface area contributed by atoms with Crippen molar-refractivity contribution in [2.45, 2.75) is 23.8 Å². The molecule has 3 rings (SSSR count). The molecule has 2 aromatic rings. The quantitative estimate of drug-likeness (QED) is 0.815. The van der Waals surface area contributed by atoms with Crippen molar-refractivity contribution in [3.8, 4) is 11.5 Å². The topological polar surface area (TPSA) is 55.8 Å². The predicted octanol–water partition coefficient (Wildman–Crippen LogP) is 3.37. The lowest BCUT2D eigenvalue weighted by atomic mass is 10.0. The van der Waals surface area contributed by atoms with Crippen LogP contribution in [-0.4, -0.2) is 33.5 Å². The van der Waals surface area contributed by atoms with E-state index in [1.807, 2.05) is 0 Å². The minimum Gasteiger partial charge on any atom is -0.497 e. The summed E-state index contributed by atoms with van der Waals surface area (Å²) in [5.41, 5.74) is 0.751. The van der Waals surface area contributed by atoms with Crippen molar-refractivity contribution < 1.29 is 22.3 Å². The molecule has 2 aromatic carbocycles. The fraction of sp³-hybridized carbons (Fsp3) is 0.333. The van der Waals surface area contributed by atoms with E-state index in [4.69, 9.17) is 9.47 Å². The Bertz CT molecular complexity index is 869. The van der Waals surface area contributed by atoms with Crippen molar-refractivity contribution >= 4 is 10.0 Å². The van der Waals surface area contributed by atoms with Gasteiger partial charge >= 0.3 is 0 Å². The number of ether oxygens (including phenoxy) is 2. The van der Waals surface area contributed by atoms with Gasteiger partial charge in [0.05, 0.1) is 20.3 Å². The number of hydrogen-bond acceptors (Lipinski definition) is 4. The Balaban J connectivity index is 2.03. The number of nitrogens with zero attached hydrogens (tertiary/aromatic N) is 1. The van der Waals surface area contributed by atoms with Gasteiger partial charge in [0.15, 0.2) is 0 Å². The molecule has 7 heteroatoms. The van der Waals surface area contributed by atoms with Gasteiger partial charge in [0.2, 0.25) is 10.0 Å². The Kier molecular flexibility index (Phi) is 4.96. The molecular weight excluding hydrogens is 345 g/mol. The number of methoxy groups -OCH3 is 2. The maximum absolute atomic E-state index is 14.1. The van der Waals surface area contributed by atoms with E-state index in [2.05, 4.69) is 0 Å². The molecule has 0 radical (unpaired) electrons. The largest absolute Gasteiger partial charge is 0.497 e. The van der Waals surface area contributed by atoms with E-state index in [1.54, 1.807) is 25.3 Å². The molecule has 1 unspecified atom stereocenters. The van der Waals surface area contributed by atoms with Crippen LogP contribution >= 0.6 is 0 Å². The average Bonchev–Trinajstić information content (AvgIpc) is 3.11. The zero-order chi connectivity index (χ0) is 18.0. The second-order valence-corrected chi connectivity index (χ2v) is 7.67. The Morgan fingerprint density at radius 3 is 2.56 bits per heavy atom. The van der Waals surface area contributed by atoms with Gasteiger partial charge in [-0.15, -0.1) is 0 Å². The van der Waals surface area contributed by atoms with Crippen molar-refractivity contribution in [3.05, 3.63) is 53.8 Å². The van der Waals surface area contributed by atoms with Gasteiger partial charge in [0.1, 0.15) is 22.2 Å². The van der Waals surface area contributed by atoms with Gasteiger partial charge in [-0.05, 0) is 31.0 Å². The van der Waals surface area contributed by atoms with Crippen LogP contribution in [0, 0.1) is 5.82 Å². The Morgan fingerprint density at radius 2 is 1.88 bits per heavy atom. The van der Waals surface area contributed by atoms with Crippen molar-refractivity contribution in [3.63, 3.8) is 0 Å². The molecule has 1 atom stereocenters. The summed E-state index contributed by atoms with van der Waals surface area (Å²) < 4.78 is 52.0. The van der Waals surface area contributed by atoms with E-state index in [-0.39, 0.29) is 4.90 Å². The first-order chi connectivity index (χ1) is 12.0. The van der Waals surface area contributed by atoms with Gasteiger partial charge in [-0.1, -0.05) is 18.2 Å². The summed E-state index contributed by atoms with van der Waals surface area (Å²) in [6.07, 6.45) is 1.35. The van der Waals surface area contributed by atoms with E-state index in [9.17, 15) is 12.8 Å². The third-order valence-electron chi connectivity index (χ3n) is 4.43. The van der Waals surface area contributed by atoms with Gasteiger partial charge in [-0.3, -0.25) is 0 Å². The third kappa shape index (κ3) is 3.21. The number of sulfonamides is 1. The molecule has 0 spiro atoms. The molecule has 5 nitrogen and oxygen atoms in total. The molecule has 25 heavy (non-hydrogen) atoms. The zero-order valence-corrected chi connectivity index (χ0v) is 14.9. The standard InChI is InChI=1S/C18H20FNO4S/c1-23-13-9-10-14(17(12-13)24-2)16-7-5-11-20(16)25(21,22)18-8-4-3-6-15(18)19/h3-4,6,8-10,12,16H,5,7,11H2,1-2H3. The number of halogens is 1. The molecule has 1 aliphatic heterocycles. The van der Waals surface area contributed by atoms with E-state index in [0.717, 1.165) is 11.6 Å². The molecular formula is C18H20FNO4S.